The first kappa shape index (κ1) is 24.6. The molecule has 0 aliphatic carbocycles. The molecule has 0 saturated heterocycles. The van der Waals surface area contributed by atoms with E-state index in [1.165, 1.54) is 41.8 Å². The molecule has 0 saturated carbocycles. The number of nitro groups is 1. The van der Waals surface area contributed by atoms with Crippen molar-refractivity contribution in [1.29, 1.82) is 0 Å². The van der Waals surface area contributed by atoms with Crippen molar-refractivity contribution in [3.63, 3.8) is 0 Å². The maximum absolute atomic E-state index is 13.0. The number of hydrogen-bond acceptors (Lipinski definition) is 9. The van der Waals surface area contributed by atoms with Gasteiger partial charge in [0.15, 0.2) is 0 Å². The number of rotatable bonds is 9. The number of halogens is 3. The van der Waals surface area contributed by atoms with Gasteiger partial charge in [-0.25, -0.2) is 4.98 Å². The van der Waals surface area contributed by atoms with Crippen LogP contribution in [0, 0.1) is 10.1 Å². The monoisotopic (exact) mass is 494 g/mol. The second kappa shape index (κ2) is 10.7. The second-order valence-electron chi connectivity index (χ2n) is 6.60. The highest BCUT2D eigenvalue weighted by Gasteiger charge is 2.30. The fraction of sp³-hybridized carbons (Fsp3) is 0.190. The lowest BCUT2D eigenvalue weighted by atomic mass is 10.2. The summed E-state index contributed by atoms with van der Waals surface area (Å²) in [5.74, 6) is -0.469. The maximum atomic E-state index is 13.0. The van der Waals surface area contributed by atoms with Crippen molar-refractivity contribution in [2.24, 2.45) is 5.10 Å². The molecule has 9 nitrogen and oxygen atoms in total. The van der Waals surface area contributed by atoms with Gasteiger partial charge in [0.2, 0.25) is 5.13 Å². The van der Waals surface area contributed by atoms with Crippen molar-refractivity contribution in [3.05, 3.63) is 74.8 Å². The van der Waals surface area contributed by atoms with Gasteiger partial charge in [0.05, 0.1) is 35.4 Å². The van der Waals surface area contributed by atoms with Gasteiger partial charge in [-0.05, 0) is 31.2 Å². The molecule has 1 aromatic heterocycles. The van der Waals surface area contributed by atoms with Gasteiger partial charge >= 0.3 is 12.1 Å². The Kier molecular flexibility index (Phi) is 7.79. The molecule has 0 atom stereocenters. The van der Waals surface area contributed by atoms with Crippen molar-refractivity contribution in [3.8, 4) is 11.5 Å². The molecule has 1 heterocycles. The number of carbonyl (C=O) groups is 1. The lowest BCUT2D eigenvalue weighted by Crippen LogP contribution is -2.07. The summed E-state index contributed by atoms with van der Waals surface area (Å²) in [6, 6.07) is 7.84. The van der Waals surface area contributed by atoms with E-state index in [2.05, 4.69) is 15.5 Å². The zero-order chi connectivity index (χ0) is 24.7. The van der Waals surface area contributed by atoms with Gasteiger partial charge < -0.3 is 9.47 Å². The molecule has 0 bridgehead atoms. The summed E-state index contributed by atoms with van der Waals surface area (Å²) in [6.07, 6.45) is -3.35. The molecule has 0 unspecified atom stereocenters. The standard InChI is InChI=1S/C21H17F3N4O5S/c1-2-32-19(29)10-15-12-34-20(26-15)27-25-11-13-8-16(28(30)31)6-7-18(13)33-17-5-3-4-14(9-17)21(22,23)24/h3-9,11-12H,2,10H2,1H3,(H,26,27). The maximum Gasteiger partial charge on any atom is 0.416 e. The highest BCUT2D eigenvalue weighted by molar-refractivity contribution is 7.13. The molecule has 0 radical (unpaired) electrons. The molecule has 0 spiro atoms. The number of nitrogens with zero attached hydrogens (tertiary/aromatic N) is 3. The Balaban J connectivity index is 1.79. The van der Waals surface area contributed by atoms with E-state index in [0.29, 0.717) is 10.8 Å². The number of nitrogens with one attached hydrogen (secondary N) is 1. The molecule has 0 aliphatic heterocycles. The van der Waals surface area contributed by atoms with Crippen molar-refractivity contribution < 1.29 is 32.4 Å². The number of alkyl halides is 3. The summed E-state index contributed by atoms with van der Waals surface area (Å²) in [5, 5.41) is 17.1. The number of hydrazone groups is 1. The van der Waals surface area contributed by atoms with Crippen molar-refractivity contribution in [1.82, 2.24) is 4.98 Å². The van der Waals surface area contributed by atoms with Gasteiger partial charge in [0, 0.05) is 23.1 Å². The van der Waals surface area contributed by atoms with Crippen LogP contribution in [0.1, 0.15) is 23.7 Å². The number of carbonyl (C=O) groups excluding carboxylic acids is 1. The van der Waals surface area contributed by atoms with E-state index in [0.717, 1.165) is 18.2 Å². The van der Waals surface area contributed by atoms with E-state index < -0.39 is 22.6 Å². The van der Waals surface area contributed by atoms with Crippen molar-refractivity contribution >= 4 is 34.3 Å². The smallest absolute Gasteiger partial charge is 0.416 e. The van der Waals surface area contributed by atoms with E-state index >= 15 is 0 Å². The lowest BCUT2D eigenvalue weighted by Gasteiger charge is -2.11. The Hall–Kier alpha value is -4.00. The molecular weight excluding hydrogens is 477 g/mol. The molecule has 13 heteroatoms. The molecule has 0 aliphatic rings. The van der Waals surface area contributed by atoms with Crippen LogP contribution in [0.15, 0.2) is 52.9 Å². The topological polar surface area (TPSA) is 116 Å². The number of hydrogen-bond donors (Lipinski definition) is 1. The number of aromatic nitrogens is 1. The molecule has 3 rings (SSSR count). The first-order valence-corrected chi connectivity index (χ1v) is 10.6. The summed E-state index contributed by atoms with van der Waals surface area (Å²) >= 11 is 1.17. The van der Waals surface area contributed by atoms with Crippen LogP contribution in [0.25, 0.3) is 0 Å². The third-order valence-corrected chi connectivity index (χ3v) is 4.94. The Morgan fingerprint density at radius 3 is 2.79 bits per heavy atom. The van der Waals surface area contributed by atoms with Crippen LogP contribution in [0.3, 0.4) is 0 Å². The predicted octanol–water partition coefficient (Wildman–Crippen LogP) is 5.41. The minimum absolute atomic E-state index is 0.00437. The molecule has 2 aromatic carbocycles. The Morgan fingerprint density at radius 2 is 2.09 bits per heavy atom. The lowest BCUT2D eigenvalue weighted by molar-refractivity contribution is -0.384. The van der Waals surface area contributed by atoms with E-state index in [1.807, 2.05) is 0 Å². The number of benzene rings is 2. The molecule has 1 N–H and O–H groups in total. The summed E-state index contributed by atoms with van der Waals surface area (Å²) in [7, 11) is 0. The van der Waals surface area contributed by atoms with Gasteiger partial charge in [-0.3, -0.25) is 20.3 Å². The highest BCUT2D eigenvalue weighted by Crippen LogP contribution is 2.34. The average Bonchev–Trinajstić information content (AvgIpc) is 3.21. The third-order valence-electron chi connectivity index (χ3n) is 4.14. The van der Waals surface area contributed by atoms with E-state index in [1.54, 1.807) is 12.3 Å². The minimum Gasteiger partial charge on any atom is -0.466 e. The van der Waals surface area contributed by atoms with Crippen LogP contribution in [-0.2, 0) is 22.1 Å². The molecule has 0 amide bonds. The first-order chi connectivity index (χ1) is 16.2. The Morgan fingerprint density at radius 1 is 1.29 bits per heavy atom. The highest BCUT2D eigenvalue weighted by atomic mass is 32.1. The SMILES string of the molecule is CCOC(=O)Cc1csc(NN=Cc2cc([N+](=O)[O-])ccc2Oc2cccc(C(F)(F)F)c2)n1. The molecule has 3 aromatic rings. The Labute approximate surface area is 195 Å². The fourth-order valence-electron chi connectivity index (χ4n) is 2.66. The van der Waals surface area contributed by atoms with Crippen LogP contribution in [0.5, 0.6) is 11.5 Å². The van der Waals surface area contributed by atoms with Gasteiger partial charge in [0.1, 0.15) is 11.5 Å². The number of non-ortho nitro benzene ring substituents is 1. The number of ether oxygens (including phenoxy) is 2. The molecule has 178 valence electrons. The summed E-state index contributed by atoms with van der Waals surface area (Å²) < 4.78 is 49.3. The molecule has 34 heavy (non-hydrogen) atoms. The second-order valence-corrected chi connectivity index (χ2v) is 7.46. The fourth-order valence-corrected chi connectivity index (χ4v) is 3.32. The van der Waals surface area contributed by atoms with E-state index in [-0.39, 0.29) is 35.8 Å². The zero-order valence-electron chi connectivity index (χ0n) is 17.5. The zero-order valence-corrected chi connectivity index (χ0v) is 18.4. The van der Waals surface area contributed by atoms with Gasteiger partial charge in [-0.1, -0.05) is 6.07 Å². The quantitative estimate of drug-likeness (QED) is 0.183. The predicted molar refractivity (Wildman–Crippen MR) is 118 cm³/mol. The van der Waals surface area contributed by atoms with E-state index in [4.69, 9.17) is 9.47 Å². The largest absolute Gasteiger partial charge is 0.466 e. The first-order valence-electron chi connectivity index (χ1n) is 9.68. The average molecular weight is 494 g/mol. The normalized spacial score (nSPS) is 11.4. The van der Waals surface area contributed by atoms with Crippen LogP contribution >= 0.6 is 11.3 Å². The number of nitro benzene ring substituents is 1. The van der Waals surface area contributed by atoms with Crippen LogP contribution < -0.4 is 10.2 Å². The molecule has 0 fully saturated rings. The summed E-state index contributed by atoms with van der Waals surface area (Å²) in [6.45, 7) is 1.95. The number of anilines is 1. The van der Waals surface area contributed by atoms with Crippen LogP contribution in [0.4, 0.5) is 24.0 Å². The van der Waals surface area contributed by atoms with Crippen molar-refractivity contribution in [2.45, 2.75) is 19.5 Å². The van der Waals surface area contributed by atoms with E-state index in [9.17, 15) is 28.1 Å². The van der Waals surface area contributed by atoms with Gasteiger partial charge in [-0.15, -0.1) is 11.3 Å². The number of thiazole rings is 1. The van der Waals surface area contributed by atoms with Crippen molar-refractivity contribution in [2.75, 3.05) is 12.0 Å². The molecular formula is C21H17F3N4O5S. The third kappa shape index (κ3) is 6.75. The number of esters is 1. The van der Waals surface area contributed by atoms with Gasteiger partial charge in [0.25, 0.3) is 5.69 Å². The summed E-state index contributed by atoms with van der Waals surface area (Å²) in [4.78, 5) is 26.2. The van der Waals surface area contributed by atoms with Crippen LogP contribution in [-0.4, -0.2) is 28.7 Å². The summed E-state index contributed by atoms with van der Waals surface area (Å²) in [5.41, 5.74) is 2.10. The van der Waals surface area contributed by atoms with Crippen LogP contribution in [0.2, 0.25) is 0 Å². The Bertz CT molecular complexity index is 1210. The minimum atomic E-state index is -4.55. The van der Waals surface area contributed by atoms with Gasteiger partial charge in [-0.2, -0.15) is 18.3 Å².